The van der Waals surface area contributed by atoms with Crippen molar-refractivity contribution >= 4 is 74.3 Å². The number of rotatable bonds is 7. The summed E-state index contributed by atoms with van der Waals surface area (Å²) in [5.74, 6) is 0. The maximum Gasteiger partial charge on any atom is 0.252 e. The van der Waals surface area contributed by atoms with Crippen LogP contribution in [0.3, 0.4) is 0 Å². The van der Waals surface area contributed by atoms with Gasteiger partial charge in [-0.05, 0) is 169 Å². The molecule has 4 heteroatoms. The minimum absolute atomic E-state index is 0.00565. The van der Waals surface area contributed by atoms with E-state index in [0.29, 0.717) is 0 Å². The first kappa shape index (κ1) is 48.4. The molecule has 3 nitrogen and oxygen atoms in total. The predicted octanol–water partition coefficient (Wildman–Crippen LogP) is 17.8. The van der Waals surface area contributed by atoms with E-state index in [1.54, 1.807) is 0 Å². The molecule has 0 spiro atoms. The highest BCUT2D eigenvalue weighted by Crippen LogP contribution is 2.54. The summed E-state index contributed by atoms with van der Waals surface area (Å²) in [5, 5.41) is 0. The monoisotopic (exact) mass is 976 g/mol. The summed E-state index contributed by atoms with van der Waals surface area (Å²) in [6, 6.07) is 76.1. The number of nitrogens with zero attached hydrogens (tertiary/aromatic N) is 3. The summed E-state index contributed by atoms with van der Waals surface area (Å²) in [4.78, 5) is 7.80. The third-order valence-electron chi connectivity index (χ3n) is 16.9. The van der Waals surface area contributed by atoms with Crippen LogP contribution in [-0.2, 0) is 21.7 Å². The zero-order chi connectivity index (χ0) is 52.2. The second-order valence-corrected chi connectivity index (χ2v) is 25.0. The molecule has 75 heavy (non-hydrogen) atoms. The quantitative estimate of drug-likeness (QED) is 0.147. The smallest absolute Gasteiger partial charge is 0.252 e. The summed E-state index contributed by atoms with van der Waals surface area (Å²) < 4.78 is 0. The van der Waals surface area contributed by atoms with Crippen LogP contribution in [0, 0.1) is 6.92 Å². The van der Waals surface area contributed by atoms with Crippen LogP contribution >= 0.6 is 0 Å². The van der Waals surface area contributed by atoms with Gasteiger partial charge in [0.2, 0.25) is 0 Å². The Hall–Kier alpha value is -7.56. The largest absolute Gasteiger partial charge is 0.311 e. The second kappa shape index (κ2) is 17.8. The molecular weight excluding hydrogens is 906 g/mol. The highest BCUT2D eigenvalue weighted by molar-refractivity contribution is 7.00. The summed E-state index contributed by atoms with van der Waals surface area (Å²) in [6.07, 6.45) is 2.28. The Morgan fingerprint density at radius 2 is 0.893 bits per heavy atom. The Balaban J connectivity index is 1.27. The van der Waals surface area contributed by atoms with Gasteiger partial charge in [0.1, 0.15) is 0 Å². The van der Waals surface area contributed by atoms with E-state index in [0.717, 1.165) is 29.9 Å². The van der Waals surface area contributed by atoms with Crippen LogP contribution in [0.1, 0.15) is 110 Å². The van der Waals surface area contributed by atoms with Gasteiger partial charge in [-0.2, -0.15) is 0 Å². The second-order valence-electron chi connectivity index (χ2n) is 25.0. The molecule has 372 valence electrons. The van der Waals surface area contributed by atoms with Gasteiger partial charge in [-0.1, -0.05) is 203 Å². The molecule has 0 saturated carbocycles. The fourth-order valence-electron chi connectivity index (χ4n) is 12.5. The van der Waals surface area contributed by atoms with E-state index in [1.807, 2.05) is 0 Å². The summed E-state index contributed by atoms with van der Waals surface area (Å²) in [6.45, 7) is 26.2. The summed E-state index contributed by atoms with van der Waals surface area (Å²) in [5.41, 5.74) is 26.0. The fraction of sp³-hybridized carbons (Fsp3) is 0.239. The van der Waals surface area contributed by atoms with Crippen molar-refractivity contribution in [2.45, 2.75) is 111 Å². The molecule has 0 amide bonds. The molecule has 12 rings (SSSR count). The Morgan fingerprint density at radius 3 is 1.47 bits per heavy atom. The van der Waals surface area contributed by atoms with Crippen LogP contribution < -0.4 is 31.1 Å². The minimum Gasteiger partial charge on any atom is -0.311 e. The van der Waals surface area contributed by atoms with E-state index in [-0.39, 0.29) is 28.4 Å². The molecule has 3 aliphatic rings. The highest BCUT2D eigenvalue weighted by atomic mass is 15.2. The number of hydrogen-bond donors (Lipinski definition) is 0. The summed E-state index contributed by atoms with van der Waals surface area (Å²) >= 11 is 0. The van der Waals surface area contributed by atoms with E-state index in [9.17, 15) is 0 Å². The number of hydrogen-bond acceptors (Lipinski definition) is 3. The number of fused-ring (bicyclic) bond motifs is 5. The van der Waals surface area contributed by atoms with Crippen molar-refractivity contribution in [3.8, 4) is 22.3 Å². The van der Waals surface area contributed by atoms with Gasteiger partial charge >= 0.3 is 0 Å². The van der Waals surface area contributed by atoms with E-state index >= 15 is 0 Å². The van der Waals surface area contributed by atoms with Crippen LogP contribution in [0.4, 0.5) is 51.2 Å². The van der Waals surface area contributed by atoms with Crippen LogP contribution in [0.2, 0.25) is 0 Å². The van der Waals surface area contributed by atoms with Gasteiger partial charge in [-0.25, -0.2) is 0 Å². The fourth-order valence-corrected chi connectivity index (χ4v) is 12.5. The Kier molecular flexibility index (Phi) is 11.5. The maximum absolute atomic E-state index is 2.68. The molecule has 2 heterocycles. The van der Waals surface area contributed by atoms with Crippen LogP contribution in [0.25, 0.3) is 22.3 Å². The van der Waals surface area contributed by atoms with Gasteiger partial charge in [-0.3, -0.25) is 0 Å². The van der Waals surface area contributed by atoms with Crippen molar-refractivity contribution in [3.05, 3.63) is 228 Å². The lowest BCUT2D eigenvalue weighted by Crippen LogP contribution is -2.62. The lowest BCUT2D eigenvalue weighted by atomic mass is 9.33. The number of aryl methyl sites for hydroxylation is 1. The molecule has 1 aliphatic carbocycles. The Labute approximate surface area is 447 Å². The Bertz CT molecular complexity index is 3600. The maximum atomic E-state index is 2.68. The predicted molar refractivity (Wildman–Crippen MR) is 323 cm³/mol. The van der Waals surface area contributed by atoms with Gasteiger partial charge in [0.15, 0.2) is 0 Å². The van der Waals surface area contributed by atoms with Crippen molar-refractivity contribution in [1.29, 1.82) is 0 Å². The van der Waals surface area contributed by atoms with Crippen LogP contribution in [0.5, 0.6) is 0 Å². The van der Waals surface area contributed by atoms with E-state index < -0.39 is 0 Å². The average Bonchev–Trinajstić information content (AvgIpc) is 3.41. The molecule has 0 N–H and O–H groups in total. The highest BCUT2D eigenvalue weighted by Gasteiger charge is 2.47. The van der Waals surface area contributed by atoms with Gasteiger partial charge < -0.3 is 14.7 Å². The molecule has 0 radical (unpaired) electrons. The minimum atomic E-state index is -0.0962. The van der Waals surface area contributed by atoms with E-state index in [2.05, 4.69) is 291 Å². The van der Waals surface area contributed by atoms with Crippen molar-refractivity contribution in [2.75, 3.05) is 14.7 Å². The van der Waals surface area contributed by atoms with Gasteiger partial charge in [0, 0.05) is 45.4 Å². The first-order valence-corrected chi connectivity index (χ1v) is 27.3. The van der Waals surface area contributed by atoms with Gasteiger partial charge in [-0.15, -0.1) is 0 Å². The lowest BCUT2D eigenvalue weighted by Gasteiger charge is -2.48. The topological polar surface area (TPSA) is 9.72 Å². The first-order chi connectivity index (χ1) is 35.9. The van der Waals surface area contributed by atoms with Crippen molar-refractivity contribution in [3.63, 3.8) is 0 Å². The molecule has 2 aliphatic heterocycles. The van der Waals surface area contributed by atoms with Gasteiger partial charge in [0.25, 0.3) is 6.71 Å². The zero-order valence-electron chi connectivity index (χ0n) is 45.9. The molecule has 0 bridgehead atoms. The number of benzene rings is 9. The van der Waals surface area contributed by atoms with Crippen molar-refractivity contribution < 1.29 is 0 Å². The van der Waals surface area contributed by atoms with Gasteiger partial charge in [0.05, 0.1) is 11.4 Å². The molecule has 0 unspecified atom stereocenters. The number of anilines is 9. The molecule has 0 atom stereocenters. The first-order valence-electron chi connectivity index (χ1n) is 27.3. The van der Waals surface area contributed by atoms with Crippen molar-refractivity contribution in [1.82, 2.24) is 0 Å². The molecule has 0 saturated heterocycles. The Morgan fingerprint density at radius 1 is 0.400 bits per heavy atom. The molecular formula is C71H70BN3. The normalized spacial score (nSPS) is 15.2. The molecule has 0 aromatic heterocycles. The van der Waals surface area contributed by atoms with Crippen LogP contribution in [0.15, 0.2) is 200 Å². The van der Waals surface area contributed by atoms with Crippen molar-refractivity contribution in [2.24, 2.45) is 0 Å². The summed E-state index contributed by atoms with van der Waals surface area (Å²) in [7, 11) is 0. The molecule has 9 aromatic carbocycles. The average molecular weight is 976 g/mol. The lowest BCUT2D eigenvalue weighted by molar-refractivity contribution is 0.332. The third-order valence-corrected chi connectivity index (χ3v) is 16.9. The molecule has 0 fully saturated rings. The van der Waals surface area contributed by atoms with Crippen LogP contribution in [-0.4, -0.2) is 6.71 Å². The van der Waals surface area contributed by atoms with E-state index in [4.69, 9.17) is 0 Å². The van der Waals surface area contributed by atoms with E-state index in [1.165, 1.54) is 101 Å². The number of para-hydroxylation sites is 2. The molecule has 9 aromatic rings. The SMILES string of the molecule is Cc1ccc(-c2ccccc2)cc1N1c2cc3c(cc2B2c4ccc(C(C)(C)C)cc4N(c4ccc(C(C)(C)C)cc4-c4ccccc4)c4cc(N(c5ccccc5)c5ccccc5)cc1c42)C(C)(C)CCC3(C)C. The standard InChI is InChI=1S/C71H70BN3/c1-47-32-33-50(48-24-16-12-17-25-48)40-62(47)75-64-46-58-57(70(8,9)38-39-71(58,10)11)45-60(64)72-59-36-34-52(69(5,6)7)42-63(59)74(61-37-35-51(68(2,3)4)41-56(61)49-26-18-13-19-27-49)65-43-55(44-66(75)67(65)72)73(53-28-20-14-21-29-53)54-30-22-15-23-31-54/h12-37,40-46H,38-39H2,1-11H3. The zero-order valence-corrected chi connectivity index (χ0v) is 45.9. The third kappa shape index (κ3) is 8.29.